The number of carbonyl (C=O) groups is 1. The van der Waals surface area contributed by atoms with Crippen molar-refractivity contribution >= 4 is 16.9 Å². The van der Waals surface area contributed by atoms with Crippen molar-refractivity contribution in [2.75, 3.05) is 0 Å². The molecular weight excluding hydrogens is 182 g/mol. The number of aliphatic hydroxyl groups is 1. The summed E-state index contributed by atoms with van der Waals surface area (Å²) in [5, 5.41) is 8.79. The van der Waals surface area contributed by atoms with E-state index in [0.717, 1.165) is 0 Å². The van der Waals surface area contributed by atoms with Crippen molar-refractivity contribution in [3.05, 3.63) is 29.7 Å². The van der Waals surface area contributed by atoms with Gasteiger partial charge in [-0.1, -0.05) is 0 Å². The average Bonchev–Trinajstić information content (AvgIpc) is 2.58. The van der Waals surface area contributed by atoms with Crippen LogP contribution in [0.4, 0.5) is 0 Å². The van der Waals surface area contributed by atoms with Gasteiger partial charge >= 0.3 is 0 Å². The van der Waals surface area contributed by atoms with Gasteiger partial charge in [0.1, 0.15) is 12.1 Å². The monoisotopic (exact) mass is 191 g/mol. The molecule has 0 aliphatic heterocycles. The minimum atomic E-state index is -0.232. The van der Waals surface area contributed by atoms with E-state index in [-0.39, 0.29) is 18.3 Å². The van der Waals surface area contributed by atoms with E-state index in [2.05, 4.69) is 4.98 Å². The van der Waals surface area contributed by atoms with Gasteiger partial charge in [0.25, 0.3) is 0 Å². The Balaban J connectivity index is 2.59. The zero-order valence-electron chi connectivity index (χ0n) is 7.65. The van der Waals surface area contributed by atoms with E-state index in [1.54, 1.807) is 18.2 Å². The Morgan fingerprint density at radius 1 is 1.57 bits per heavy atom. The molecule has 2 rings (SSSR count). The maximum Gasteiger partial charge on any atom is 0.221 e. The van der Waals surface area contributed by atoms with Crippen LogP contribution in [0.15, 0.2) is 22.6 Å². The van der Waals surface area contributed by atoms with Gasteiger partial charge in [0.15, 0.2) is 11.4 Å². The molecule has 0 saturated heterocycles. The van der Waals surface area contributed by atoms with E-state index < -0.39 is 0 Å². The summed E-state index contributed by atoms with van der Waals surface area (Å²) in [6, 6.07) is 5.01. The first-order valence-corrected chi connectivity index (χ1v) is 4.22. The lowest BCUT2D eigenvalue weighted by Crippen LogP contribution is -1.90. The topological polar surface area (TPSA) is 63.3 Å². The van der Waals surface area contributed by atoms with Crippen molar-refractivity contribution < 1.29 is 14.3 Å². The number of hydrogen-bond acceptors (Lipinski definition) is 4. The Labute approximate surface area is 80.2 Å². The lowest BCUT2D eigenvalue weighted by Gasteiger charge is -1.92. The normalized spacial score (nSPS) is 10.7. The summed E-state index contributed by atoms with van der Waals surface area (Å²) in [6.45, 7) is 1.26. The van der Waals surface area contributed by atoms with Gasteiger partial charge in [-0.2, -0.15) is 0 Å². The smallest absolute Gasteiger partial charge is 0.221 e. The highest BCUT2D eigenvalue weighted by atomic mass is 16.4. The van der Waals surface area contributed by atoms with Crippen LogP contribution in [-0.2, 0) is 6.61 Å². The summed E-state index contributed by atoms with van der Waals surface area (Å²) < 4.78 is 5.18. The number of aliphatic hydroxyl groups excluding tert-OH is 1. The number of benzene rings is 1. The van der Waals surface area contributed by atoms with E-state index in [1.165, 1.54) is 6.92 Å². The van der Waals surface area contributed by atoms with Crippen LogP contribution >= 0.6 is 0 Å². The molecule has 0 radical (unpaired) electrons. The van der Waals surface area contributed by atoms with E-state index in [1.807, 2.05) is 0 Å². The Hall–Kier alpha value is -1.68. The van der Waals surface area contributed by atoms with Gasteiger partial charge in [-0.25, -0.2) is 4.98 Å². The standard InChI is InChI=1S/C10H9NO3/c1-6(13)7-2-3-9-8(4-7)11-10(5-12)14-9/h2-4,12H,5H2,1H3. The largest absolute Gasteiger partial charge is 0.438 e. The van der Waals surface area contributed by atoms with Crippen molar-refractivity contribution in [3.63, 3.8) is 0 Å². The molecule has 0 saturated carbocycles. The molecule has 1 heterocycles. The van der Waals surface area contributed by atoms with Gasteiger partial charge in [-0.15, -0.1) is 0 Å². The number of fused-ring (bicyclic) bond motifs is 1. The fourth-order valence-electron chi connectivity index (χ4n) is 1.26. The van der Waals surface area contributed by atoms with Crippen molar-refractivity contribution in [1.29, 1.82) is 0 Å². The lowest BCUT2D eigenvalue weighted by atomic mass is 10.1. The molecule has 0 aliphatic rings. The van der Waals surface area contributed by atoms with Gasteiger partial charge in [0.05, 0.1) is 0 Å². The van der Waals surface area contributed by atoms with Crippen LogP contribution in [0.25, 0.3) is 11.1 Å². The summed E-state index contributed by atoms with van der Waals surface area (Å²) in [5.74, 6) is 0.251. The fraction of sp³-hybridized carbons (Fsp3) is 0.200. The van der Waals surface area contributed by atoms with E-state index in [0.29, 0.717) is 16.7 Å². The SMILES string of the molecule is CC(=O)c1ccc2oc(CO)nc2c1. The van der Waals surface area contributed by atoms with Gasteiger partial charge in [-0.3, -0.25) is 4.79 Å². The van der Waals surface area contributed by atoms with Crippen molar-refractivity contribution in [2.45, 2.75) is 13.5 Å². The maximum atomic E-state index is 11.1. The summed E-state index contributed by atoms with van der Waals surface area (Å²) >= 11 is 0. The molecular formula is C10H9NO3. The fourth-order valence-corrected chi connectivity index (χ4v) is 1.26. The Kier molecular flexibility index (Phi) is 2.05. The molecule has 0 aliphatic carbocycles. The van der Waals surface area contributed by atoms with Crippen LogP contribution in [0.5, 0.6) is 0 Å². The summed E-state index contributed by atoms with van der Waals surface area (Å²) in [5.41, 5.74) is 1.77. The third kappa shape index (κ3) is 1.40. The first-order valence-electron chi connectivity index (χ1n) is 4.22. The second kappa shape index (κ2) is 3.23. The molecule has 4 heteroatoms. The average molecular weight is 191 g/mol. The molecule has 2 aromatic rings. The Morgan fingerprint density at radius 2 is 2.36 bits per heavy atom. The first-order chi connectivity index (χ1) is 6.70. The molecule has 0 bridgehead atoms. The van der Waals surface area contributed by atoms with Crippen molar-refractivity contribution in [2.24, 2.45) is 0 Å². The number of ketones is 1. The number of Topliss-reactive ketones (excluding diaryl/α,β-unsaturated/α-hetero) is 1. The van der Waals surface area contributed by atoms with Gasteiger partial charge < -0.3 is 9.52 Å². The maximum absolute atomic E-state index is 11.1. The molecule has 0 spiro atoms. The van der Waals surface area contributed by atoms with Crippen LogP contribution in [0, 0.1) is 0 Å². The van der Waals surface area contributed by atoms with Crippen LogP contribution in [0.1, 0.15) is 23.2 Å². The number of rotatable bonds is 2. The predicted molar refractivity (Wildman–Crippen MR) is 49.9 cm³/mol. The van der Waals surface area contributed by atoms with Crippen molar-refractivity contribution in [3.8, 4) is 0 Å². The molecule has 0 fully saturated rings. The summed E-state index contributed by atoms with van der Waals surface area (Å²) in [7, 11) is 0. The van der Waals surface area contributed by atoms with Crippen LogP contribution < -0.4 is 0 Å². The molecule has 1 N–H and O–H groups in total. The van der Waals surface area contributed by atoms with E-state index in [4.69, 9.17) is 9.52 Å². The van der Waals surface area contributed by atoms with Crippen molar-refractivity contribution in [1.82, 2.24) is 4.98 Å². The number of oxazole rings is 1. The van der Waals surface area contributed by atoms with E-state index >= 15 is 0 Å². The summed E-state index contributed by atoms with van der Waals surface area (Å²) in [4.78, 5) is 15.1. The molecule has 0 unspecified atom stereocenters. The number of aromatic nitrogens is 1. The summed E-state index contributed by atoms with van der Waals surface area (Å²) in [6.07, 6.45) is 0. The minimum Gasteiger partial charge on any atom is -0.438 e. The highest BCUT2D eigenvalue weighted by Gasteiger charge is 2.06. The van der Waals surface area contributed by atoms with Crippen LogP contribution in [0.2, 0.25) is 0 Å². The van der Waals surface area contributed by atoms with Crippen LogP contribution in [0.3, 0.4) is 0 Å². The van der Waals surface area contributed by atoms with Gasteiger partial charge in [-0.05, 0) is 25.1 Å². The number of nitrogens with zero attached hydrogens (tertiary/aromatic N) is 1. The highest BCUT2D eigenvalue weighted by molar-refractivity contribution is 5.96. The molecule has 1 aromatic carbocycles. The third-order valence-corrected chi connectivity index (χ3v) is 1.97. The second-order valence-electron chi connectivity index (χ2n) is 3.00. The zero-order valence-corrected chi connectivity index (χ0v) is 7.65. The second-order valence-corrected chi connectivity index (χ2v) is 3.00. The minimum absolute atomic E-state index is 0.0135. The zero-order chi connectivity index (χ0) is 10.1. The third-order valence-electron chi connectivity index (χ3n) is 1.97. The Morgan fingerprint density at radius 3 is 3.00 bits per heavy atom. The molecule has 1 aromatic heterocycles. The highest BCUT2D eigenvalue weighted by Crippen LogP contribution is 2.17. The quantitative estimate of drug-likeness (QED) is 0.731. The van der Waals surface area contributed by atoms with Crippen LogP contribution in [-0.4, -0.2) is 15.9 Å². The molecule has 72 valence electrons. The molecule has 0 atom stereocenters. The molecule has 0 amide bonds. The van der Waals surface area contributed by atoms with E-state index in [9.17, 15) is 4.79 Å². The van der Waals surface area contributed by atoms with Gasteiger partial charge in [0, 0.05) is 5.56 Å². The first kappa shape index (κ1) is 8.90. The predicted octanol–water partition coefficient (Wildman–Crippen LogP) is 1.52. The number of carbonyl (C=O) groups excluding carboxylic acids is 1. The molecule has 14 heavy (non-hydrogen) atoms. The molecule has 4 nitrogen and oxygen atoms in total. The Bertz CT molecular complexity index is 487. The lowest BCUT2D eigenvalue weighted by molar-refractivity contribution is 0.101. The number of hydrogen-bond donors (Lipinski definition) is 1. The van der Waals surface area contributed by atoms with Gasteiger partial charge in [0.2, 0.25) is 5.89 Å².